The largest absolute Gasteiger partial charge is 0.497 e. The number of aromatic nitrogens is 1. The third kappa shape index (κ3) is 3.38. The van der Waals surface area contributed by atoms with Crippen LogP contribution in [-0.2, 0) is 0 Å². The molecule has 1 heterocycles. The van der Waals surface area contributed by atoms with E-state index >= 15 is 0 Å². The number of amides is 2. The van der Waals surface area contributed by atoms with Crippen molar-refractivity contribution in [1.29, 1.82) is 0 Å². The van der Waals surface area contributed by atoms with Crippen LogP contribution in [0.4, 0.5) is 16.2 Å². The van der Waals surface area contributed by atoms with Crippen LogP contribution in [0.25, 0.3) is 10.8 Å². The number of ether oxygens (including phenoxy) is 2. The number of pyridine rings is 1. The predicted octanol–water partition coefficient (Wildman–Crippen LogP) is 3.90. The van der Waals surface area contributed by atoms with Crippen molar-refractivity contribution in [2.45, 2.75) is 0 Å². The third-order valence-electron chi connectivity index (χ3n) is 3.54. The lowest BCUT2D eigenvalue weighted by Gasteiger charge is -2.12. The molecule has 6 heteroatoms. The molecule has 2 aromatic carbocycles. The molecule has 2 N–H and O–H groups in total. The van der Waals surface area contributed by atoms with Crippen molar-refractivity contribution in [2.75, 3.05) is 24.9 Å². The van der Waals surface area contributed by atoms with Gasteiger partial charge in [0, 0.05) is 47.1 Å². The molecule has 3 rings (SSSR count). The fourth-order valence-corrected chi connectivity index (χ4v) is 2.40. The van der Waals surface area contributed by atoms with Crippen molar-refractivity contribution in [3.05, 3.63) is 54.9 Å². The number of nitrogens with one attached hydrogen (secondary N) is 2. The number of carbonyl (C=O) groups is 1. The number of nitrogens with zero attached hydrogens (tertiary/aromatic N) is 1. The monoisotopic (exact) mass is 323 g/mol. The van der Waals surface area contributed by atoms with E-state index in [1.165, 1.54) is 0 Å². The topological polar surface area (TPSA) is 72.5 Å². The molecule has 122 valence electrons. The smallest absolute Gasteiger partial charge is 0.323 e. The Labute approximate surface area is 139 Å². The van der Waals surface area contributed by atoms with E-state index in [-0.39, 0.29) is 6.03 Å². The Kier molecular flexibility index (Phi) is 4.47. The second-order valence-corrected chi connectivity index (χ2v) is 5.08. The maximum atomic E-state index is 12.3. The first-order valence-electron chi connectivity index (χ1n) is 7.33. The molecule has 0 aliphatic rings. The van der Waals surface area contributed by atoms with Crippen LogP contribution in [0.15, 0.2) is 54.9 Å². The summed E-state index contributed by atoms with van der Waals surface area (Å²) in [5.74, 6) is 1.20. The Balaban J connectivity index is 1.80. The quantitative estimate of drug-likeness (QED) is 0.764. The predicted molar refractivity (Wildman–Crippen MR) is 93.9 cm³/mol. The number of hydrogen-bond donors (Lipinski definition) is 2. The number of anilines is 2. The van der Waals surface area contributed by atoms with Crippen LogP contribution in [0, 0.1) is 0 Å². The van der Waals surface area contributed by atoms with E-state index in [0.29, 0.717) is 22.9 Å². The average Bonchev–Trinajstić information content (AvgIpc) is 2.61. The molecule has 0 unspecified atom stereocenters. The van der Waals surface area contributed by atoms with Crippen molar-refractivity contribution in [1.82, 2.24) is 4.98 Å². The van der Waals surface area contributed by atoms with E-state index in [1.54, 1.807) is 44.8 Å². The van der Waals surface area contributed by atoms with Gasteiger partial charge < -0.3 is 20.1 Å². The number of urea groups is 1. The summed E-state index contributed by atoms with van der Waals surface area (Å²) in [6, 6.07) is 12.3. The molecule has 0 aliphatic heterocycles. The Morgan fingerprint density at radius 1 is 1.00 bits per heavy atom. The molecule has 0 aliphatic carbocycles. The first-order valence-corrected chi connectivity index (χ1v) is 7.33. The van der Waals surface area contributed by atoms with Crippen molar-refractivity contribution in [3.63, 3.8) is 0 Å². The van der Waals surface area contributed by atoms with Crippen LogP contribution in [-0.4, -0.2) is 25.2 Å². The van der Waals surface area contributed by atoms with Gasteiger partial charge in [0.1, 0.15) is 11.5 Å². The fraction of sp³-hybridized carbons (Fsp3) is 0.111. The standard InChI is InChI=1S/C18H17N3O3/c1-23-14-8-13(9-15(10-14)24-2)20-18(22)21-17-5-3-4-12-11-19-7-6-16(12)17/h3-11H,1-2H3,(H2,20,21,22). The second-order valence-electron chi connectivity index (χ2n) is 5.08. The van der Waals surface area contributed by atoms with Gasteiger partial charge in [-0.15, -0.1) is 0 Å². The van der Waals surface area contributed by atoms with Gasteiger partial charge in [0.05, 0.1) is 19.9 Å². The maximum absolute atomic E-state index is 12.3. The zero-order chi connectivity index (χ0) is 16.9. The lowest BCUT2D eigenvalue weighted by atomic mass is 10.1. The van der Waals surface area contributed by atoms with E-state index in [0.717, 1.165) is 10.8 Å². The summed E-state index contributed by atoms with van der Waals surface area (Å²) in [4.78, 5) is 16.4. The highest BCUT2D eigenvalue weighted by Gasteiger charge is 2.08. The summed E-state index contributed by atoms with van der Waals surface area (Å²) >= 11 is 0. The number of benzene rings is 2. The molecule has 0 saturated carbocycles. The summed E-state index contributed by atoms with van der Waals surface area (Å²) in [5.41, 5.74) is 1.29. The Bertz CT molecular complexity index is 853. The summed E-state index contributed by atoms with van der Waals surface area (Å²) in [6.45, 7) is 0. The summed E-state index contributed by atoms with van der Waals surface area (Å²) < 4.78 is 10.4. The van der Waals surface area contributed by atoms with E-state index in [1.807, 2.05) is 24.3 Å². The van der Waals surface area contributed by atoms with Crippen LogP contribution in [0.2, 0.25) is 0 Å². The molecule has 24 heavy (non-hydrogen) atoms. The Morgan fingerprint density at radius 2 is 1.75 bits per heavy atom. The van der Waals surface area contributed by atoms with Gasteiger partial charge in [-0.1, -0.05) is 12.1 Å². The number of carbonyl (C=O) groups excluding carboxylic acids is 1. The molecular formula is C18H17N3O3. The molecule has 0 radical (unpaired) electrons. The molecule has 0 atom stereocenters. The molecular weight excluding hydrogens is 306 g/mol. The average molecular weight is 323 g/mol. The van der Waals surface area contributed by atoms with Crippen LogP contribution in [0.1, 0.15) is 0 Å². The molecule has 1 aromatic heterocycles. The SMILES string of the molecule is COc1cc(NC(=O)Nc2cccc3cnccc23)cc(OC)c1. The number of rotatable bonds is 4. The molecule has 0 bridgehead atoms. The molecule has 6 nitrogen and oxygen atoms in total. The van der Waals surface area contributed by atoms with E-state index in [2.05, 4.69) is 15.6 Å². The third-order valence-corrected chi connectivity index (χ3v) is 3.54. The van der Waals surface area contributed by atoms with Crippen molar-refractivity contribution >= 4 is 28.2 Å². The Morgan fingerprint density at radius 3 is 2.46 bits per heavy atom. The highest BCUT2D eigenvalue weighted by Crippen LogP contribution is 2.26. The lowest BCUT2D eigenvalue weighted by Crippen LogP contribution is -2.19. The maximum Gasteiger partial charge on any atom is 0.323 e. The zero-order valence-electron chi connectivity index (χ0n) is 13.4. The first-order chi connectivity index (χ1) is 11.7. The Hall–Kier alpha value is -3.28. The fourth-order valence-electron chi connectivity index (χ4n) is 2.40. The van der Waals surface area contributed by atoms with Crippen LogP contribution < -0.4 is 20.1 Å². The van der Waals surface area contributed by atoms with Gasteiger partial charge in [-0.05, 0) is 12.1 Å². The van der Waals surface area contributed by atoms with E-state index < -0.39 is 0 Å². The molecule has 0 saturated heterocycles. The molecule has 2 amide bonds. The van der Waals surface area contributed by atoms with Crippen molar-refractivity contribution in [3.8, 4) is 11.5 Å². The number of fused-ring (bicyclic) bond motifs is 1. The molecule has 0 spiro atoms. The van der Waals surface area contributed by atoms with Gasteiger partial charge in [-0.3, -0.25) is 4.98 Å². The lowest BCUT2D eigenvalue weighted by molar-refractivity contribution is 0.262. The van der Waals surface area contributed by atoms with Gasteiger partial charge in [-0.2, -0.15) is 0 Å². The highest BCUT2D eigenvalue weighted by molar-refractivity contribution is 6.06. The van der Waals surface area contributed by atoms with Crippen molar-refractivity contribution in [2.24, 2.45) is 0 Å². The van der Waals surface area contributed by atoms with Gasteiger partial charge >= 0.3 is 6.03 Å². The number of methoxy groups -OCH3 is 2. The normalized spacial score (nSPS) is 10.2. The second kappa shape index (κ2) is 6.87. The summed E-state index contributed by atoms with van der Waals surface area (Å²) in [7, 11) is 3.12. The minimum absolute atomic E-state index is 0.352. The number of hydrogen-bond acceptors (Lipinski definition) is 4. The van der Waals surface area contributed by atoms with E-state index in [4.69, 9.17) is 9.47 Å². The minimum atomic E-state index is -0.352. The van der Waals surface area contributed by atoms with Crippen LogP contribution in [0.5, 0.6) is 11.5 Å². The van der Waals surface area contributed by atoms with Gasteiger partial charge in [0.25, 0.3) is 0 Å². The highest BCUT2D eigenvalue weighted by atomic mass is 16.5. The van der Waals surface area contributed by atoms with Gasteiger partial charge in [0.2, 0.25) is 0 Å². The molecule has 0 fully saturated rings. The molecule has 3 aromatic rings. The summed E-state index contributed by atoms with van der Waals surface area (Å²) in [6.07, 6.45) is 3.45. The first kappa shape index (κ1) is 15.6. The van der Waals surface area contributed by atoms with Crippen molar-refractivity contribution < 1.29 is 14.3 Å². The van der Waals surface area contributed by atoms with Crippen LogP contribution >= 0.6 is 0 Å². The van der Waals surface area contributed by atoms with E-state index in [9.17, 15) is 4.79 Å². The van der Waals surface area contributed by atoms with Gasteiger partial charge in [-0.25, -0.2) is 4.79 Å². The summed E-state index contributed by atoms with van der Waals surface area (Å²) in [5, 5.41) is 7.51. The van der Waals surface area contributed by atoms with Gasteiger partial charge in [0.15, 0.2) is 0 Å². The zero-order valence-corrected chi connectivity index (χ0v) is 13.4. The van der Waals surface area contributed by atoms with Crippen LogP contribution in [0.3, 0.4) is 0 Å². The minimum Gasteiger partial charge on any atom is -0.497 e.